The summed E-state index contributed by atoms with van der Waals surface area (Å²) in [5, 5.41) is 0. The predicted octanol–water partition coefficient (Wildman–Crippen LogP) is 0.755. The summed E-state index contributed by atoms with van der Waals surface area (Å²) in [6.45, 7) is 3.72. The Morgan fingerprint density at radius 1 is 1.35 bits per heavy atom. The van der Waals surface area contributed by atoms with E-state index in [1.807, 2.05) is 24.3 Å². The number of hydrogen-bond acceptors (Lipinski definition) is 6. The van der Waals surface area contributed by atoms with Crippen molar-refractivity contribution in [3.63, 3.8) is 0 Å². The van der Waals surface area contributed by atoms with Gasteiger partial charge >= 0.3 is 5.97 Å². The average molecular weight is 355 g/mol. The zero-order valence-electron chi connectivity index (χ0n) is 15.2. The number of esters is 1. The van der Waals surface area contributed by atoms with Gasteiger partial charge in [0.1, 0.15) is 17.4 Å². The molecule has 8 nitrogen and oxygen atoms in total. The molecule has 3 aromatic heterocycles. The van der Waals surface area contributed by atoms with Crippen molar-refractivity contribution in [1.29, 1.82) is 0 Å². The molecule has 8 heteroatoms. The van der Waals surface area contributed by atoms with Gasteiger partial charge in [0.25, 0.3) is 5.56 Å². The molecule has 0 aliphatic heterocycles. The molecule has 0 amide bonds. The Balaban J connectivity index is 2.14. The number of fused-ring (bicyclic) bond motifs is 1. The predicted molar refractivity (Wildman–Crippen MR) is 96.8 cm³/mol. The monoisotopic (exact) mass is 355 g/mol. The third kappa shape index (κ3) is 2.88. The van der Waals surface area contributed by atoms with Gasteiger partial charge in [-0.3, -0.25) is 9.59 Å². The molecule has 0 saturated heterocycles. The first-order valence-electron chi connectivity index (χ1n) is 8.18. The van der Waals surface area contributed by atoms with Crippen molar-refractivity contribution in [3.05, 3.63) is 52.0 Å². The molecule has 0 aromatic carbocycles. The Hall–Kier alpha value is -3.00. The normalized spacial score (nSPS) is 12.3. The van der Waals surface area contributed by atoms with Gasteiger partial charge in [-0.2, -0.15) is 0 Å². The lowest BCUT2D eigenvalue weighted by Gasteiger charge is -2.14. The Morgan fingerprint density at radius 2 is 2.08 bits per heavy atom. The second-order valence-corrected chi connectivity index (χ2v) is 6.19. The summed E-state index contributed by atoms with van der Waals surface area (Å²) >= 11 is 0. The van der Waals surface area contributed by atoms with Crippen LogP contribution in [0.4, 0.5) is 0 Å². The van der Waals surface area contributed by atoms with Crippen molar-refractivity contribution in [3.8, 4) is 11.3 Å². The van der Waals surface area contributed by atoms with E-state index >= 15 is 0 Å². The number of methoxy groups -OCH3 is 1. The first kappa shape index (κ1) is 17.8. The molecule has 2 N–H and O–H groups in total. The molecule has 3 rings (SSSR count). The fraction of sp³-hybridized carbons (Fsp3) is 0.333. The number of imidazole rings is 1. The number of nitrogens with zero attached hydrogens (tertiary/aromatic N) is 4. The van der Waals surface area contributed by atoms with Crippen LogP contribution in [-0.4, -0.2) is 38.1 Å². The van der Waals surface area contributed by atoms with Crippen LogP contribution >= 0.6 is 0 Å². The minimum absolute atomic E-state index is 0.183. The van der Waals surface area contributed by atoms with Crippen molar-refractivity contribution in [2.24, 2.45) is 12.8 Å². The molecule has 1 atom stereocenters. The van der Waals surface area contributed by atoms with Crippen LogP contribution in [0.25, 0.3) is 16.9 Å². The van der Waals surface area contributed by atoms with Crippen molar-refractivity contribution in [2.75, 3.05) is 7.11 Å². The number of hydrogen-bond donors (Lipinski definition) is 1. The molecule has 0 saturated carbocycles. The molecule has 0 aliphatic rings. The summed E-state index contributed by atoms with van der Waals surface area (Å²) in [4.78, 5) is 33.1. The van der Waals surface area contributed by atoms with E-state index in [1.165, 1.54) is 7.11 Å². The lowest BCUT2D eigenvalue weighted by molar-refractivity contribution is -0.142. The van der Waals surface area contributed by atoms with E-state index in [4.69, 9.17) is 5.73 Å². The van der Waals surface area contributed by atoms with E-state index in [-0.39, 0.29) is 12.0 Å². The van der Waals surface area contributed by atoms with Gasteiger partial charge in [-0.05, 0) is 26.0 Å². The molecule has 3 heterocycles. The van der Waals surface area contributed by atoms with Crippen LogP contribution in [0.5, 0.6) is 0 Å². The third-order valence-electron chi connectivity index (χ3n) is 4.64. The van der Waals surface area contributed by atoms with Crippen LogP contribution in [0, 0.1) is 13.8 Å². The largest absolute Gasteiger partial charge is 0.468 e. The summed E-state index contributed by atoms with van der Waals surface area (Å²) in [5.74, 6) is -0.480. The van der Waals surface area contributed by atoms with Crippen LogP contribution in [0.1, 0.15) is 17.1 Å². The standard InChI is InChI=1S/C18H21N5O3/c1-10-11(2)22(3)17(24)15(21-10)13-6-5-12(9-14(19)18(25)26-4)23-8-7-20-16(13)23/h5-8,14H,9,19H2,1-4H3/t14-/m0/s1. The number of rotatable bonds is 4. The number of aromatic nitrogens is 4. The molecule has 3 aromatic rings. The third-order valence-corrected chi connectivity index (χ3v) is 4.64. The van der Waals surface area contributed by atoms with Gasteiger partial charge in [0.2, 0.25) is 0 Å². The van der Waals surface area contributed by atoms with Crippen LogP contribution in [0.2, 0.25) is 0 Å². The topological polar surface area (TPSA) is 105 Å². The first-order chi connectivity index (χ1) is 12.3. The smallest absolute Gasteiger partial charge is 0.323 e. The van der Waals surface area contributed by atoms with E-state index in [0.717, 1.165) is 17.1 Å². The Morgan fingerprint density at radius 3 is 2.77 bits per heavy atom. The van der Waals surface area contributed by atoms with Gasteiger partial charge in [0, 0.05) is 42.8 Å². The highest BCUT2D eigenvalue weighted by molar-refractivity contribution is 5.77. The van der Waals surface area contributed by atoms with Crippen LogP contribution < -0.4 is 11.3 Å². The van der Waals surface area contributed by atoms with Gasteiger partial charge in [-0.15, -0.1) is 0 Å². The highest BCUT2D eigenvalue weighted by Gasteiger charge is 2.19. The number of carbonyl (C=O) groups excluding carboxylic acids is 1. The fourth-order valence-corrected chi connectivity index (χ4v) is 2.91. The van der Waals surface area contributed by atoms with E-state index in [9.17, 15) is 9.59 Å². The van der Waals surface area contributed by atoms with E-state index in [2.05, 4.69) is 14.7 Å². The quantitative estimate of drug-likeness (QED) is 0.693. The maximum atomic E-state index is 12.7. The number of ether oxygens (including phenoxy) is 1. The summed E-state index contributed by atoms with van der Waals surface area (Å²) in [5.41, 5.74) is 9.65. The number of carbonyl (C=O) groups is 1. The Labute approximate surface area is 150 Å². The minimum atomic E-state index is -0.774. The minimum Gasteiger partial charge on any atom is -0.468 e. The van der Waals surface area contributed by atoms with E-state index < -0.39 is 12.0 Å². The van der Waals surface area contributed by atoms with Crippen molar-refractivity contribution in [2.45, 2.75) is 26.3 Å². The highest BCUT2D eigenvalue weighted by Crippen LogP contribution is 2.22. The van der Waals surface area contributed by atoms with Crippen molar-refractivity contribution in [1.82, 2.24) is 18.9 Å². The molecule has 0 bridgehead atoms. The zero-order valence-corrected chi connectivity index (χ0v) is 15.2. The number of aryl methyl sites for hydroxylation is 1. The maximum Gasteiger partial charge on any atom is 0.323 e. The molecular weight excluding hydrogens is 334 g/mol. The molecule has 0 aliphatic carbocycles. The van der Waals surface area contributed by atoms with Crippen LogP contribution in [0.3, 0.4) is 0 Å². The van der Waals surface area contributed by atoms with Crippen molar-refractivity contribution < 1.29 is 9.53 Å². The summed E-state index contributed by atoms with van der Waals surface area (Å²) in [6.07, 6.45) is 3.69. The molecular formula is C18H21N5O3. The van der Waals surface area contributed by atoms with E-state index in [1.54, 1.807) is 30.1 Å². The van der Waals surface area contributed by atoms with Gasteiger partial charge in [-0.1, -0.05) is 0 Å². The summed E-state index contributed by atoms with van der Waals surface area (Å²) < 4.78 is 8.08. The van der Waals surface area contributed by atoms with Gasteiger partial charge in [0.05, 0.1) is 12.8 Å². The average Bonchev–Trinajstić information content (AvgIpc) is 3.13. The van der Waals surface area contributed by atoms with Gasteiger partial charge in [0.15, 0.2) is 0 Å². The van der Waals surface area contributed by atoms with Gasteiger partial charge in [-0.25, -0.2) is 9.97 Å². The molecule has 0 spiro atoms. The number of nitrogens with two attached hydrogens (primary N) is 1. The van der Waals surface area contributed by atoms with Crippen LogP contribution in [-0.2, 0) is 23.0 Å². The molecule has 0 fully saturated rings. The van der Waals surface area contributed by atoms with Gasteiger partial charge < -0.3 is 19.4 Å². The van der Waals surface area contributed by atoms with E-state index in [0.29, 0.717) is 16.9 Å². The highest BCUT2D eigenvalue weighted by atomic mass is 16.5. The lowest BCUT2D eigenvalue weighted by Crippen LogP contribution is -2.34. The Bertz CT molecular complexity index is 1050. The maximum absolute atomic E-state index is 12.7. The lowest BCUT2D eigenvalue weighted by atomic mass is 10.1. The Kier molecular flexibility index (Phi) is 4.60. The van der Waals surface area contributed by atoms with Crippen molar-refractivity contribution >= 4 is 11.6 Å². The summed E-state index contributed by atoms with van der Waals surface area (Å²) in [7, 11) is 3.03. The second kappa shape index (κ2) is 6.72. The molecule has 0 unspecified atom stereocenters. The second-order valence-electron chi connectivity index (χ2n) is 6.19. The molecule has 136 valence electrons. The molecule has 0 radical (unpaired) electrons. The zero-order chi connectivity index (χ0) is 19.0. The first-order valence-corrected chi connectivity index (χ1v) is 8.18. The SMILES string of the molecule is COC(=O)[C@@H](N)Cc1ccc(-c2nc(C)c(C)n(C)c2=O)c2nccn12. The van der Waals surface area contributed by atoms with Crippen LogP contribution in [0.15, 0.2) is 29.3 Å². The summed E-state index contributed by atoms with van der Waals surface area (Å²) in [6, 6.07) is 2.84. The molecule has 26 heavy (non-hydrogen) atoms. The number of pyridine rings is 1. The fourth-order valence-electron chi connectivity index (χ4n) is 2.91.